The van der Waals surface area contributed by atoms with E-state index in [0.29, 0.717) is 0 Å². The van der Waals surface area contributed by atoms with Gasteiger partial charge in [0.05, 0.1) is 5.69 Å². The zero-order chi connectivity index (χ0) is 13.8. The van der Waals surface area contributed by atoms with Gasteiger partial charge in [0.2, 0.25) is 0 Å². The molecular formula is C16H25FN2. The van der Waals surface area contributed by atoms with Gasteiger partial charge in [0, 0.05) is 19.1 Å². The Morgan fingerprint density at radius 3 is 2.84 bits per heavy atom. The minimum Gasteiger partial charge on any atom is -0.369 e. The maximum absolute atomic E-state index is 14.2. The van der Waals surface area contributed by atoms with Crippen LogP contribution >= 0.6 is 0 Å². The molecule has 0 amide bonds. The van der Waals surface area contributed by atoms with Gasteiger partial charge in [-0.25, -0.2) is 4.39 Å². The predicted octanol–water partition coefficient (Wildman–Crippen LogP) is 3.34. The first-order chi connectivity index (χ1) is 9.06. The van der Waals surface area contributed by atoms with Gasteiger partial charge in [0.1, 0.15) is 5.82 Å². The second kappa shape index (κ2) is 6.38. The number of nitrogens with two attached hydrogens (primary N) is 1. The Kier molecular flexibility index (Phi) is 4.81. The SMILES string of the molecule is CC(N)Cc1ccc(N2CCCC(C)CC2)c(F)c1. The Morgan fingerprint density at radius 2 is 2.16 bits per heavy atom. The van der Waals surface area contributed by atoms with E-state index < -0.39 is 0 Å². The molecule has 0 aliphatic carbocycles. The van der Waals surface area contributed by atoms with Crippen LogP contribution in [-0.2, 0) is 6.42 Å². The molecule has 0 saturated carbocycles. The molecular weight excluding hydrogens is 239 g/mol. The maximum atomic E-state index is 14.2. The summed E-state index contributed by atoms with van der Waals surface area (Å²) in [4.78, 5) is 2.19. The lowest BCUT2D eigenvalue weighted by Crippen LogP contribution is -2.25. The number of anilines is 1. The Balaban J connectivity index is 2.11. The zero-order valence-electron chi connectivity index (χ0n) is 12.0. The molecule has 0 spiro atoms. The molecule has 19 heavy (non-hydrogen) atoms. The Labute approximate surface area is 115 Å². The standard InChI is InChI=1S/C16H25FN2/c1-12-4-3-8-19(9-7-12)16-6-5-14(10-13(2)18)11-15(16)17/h5-6,11-13H,3-4,7-10,18H2,1-2H3. The maximum Gasteiger partial charge on any atom is 0.146 e. The Morgan fingerprint density at radius 1 is 1.37 bits per heavy atom. The number of rotatable bonds is 3. The van der Waals surface area contributed by atoms with Crippen molar-refractivity contribution < 1.29 is 4.39 Å². The number of hydrogen-bond donors (Lipinski definition) is 1. The topological polar surface area (TPSA) is 29.3 Å². The van der Waals surface area contributed by atoms with Gasteiger partial charge >= 0.3 is 0 Å². The van der Waals surface area contributed by atoms with Crippen LogP contribution < -0.4 is 10.6 Å². The molecule has 106 valence electrons. The van der Waals surface area contributed by atoms with Crippen molar-refractivity contribution in [2.24, 2.45) is 11.7 Å². The van der Waals surface area contributed by atoms with Crippen LogP contribution in [0.4, 0.5) is 10.1 Å². The fraction of sp³-hybridized carbons (Fsp3) is 0.625. The quantitative estimate of drug-likeness (QED) is 0.907. The van der Waals surface area contributed by atoms with E-state index in [4.69, 9.17) is 5.73 Å². The molecule has 3 heteroatoms. The average Bonchev–Trinajstić information content (AvgIpc) is 2.54. The molecule has 2 rings (SSSR count). The molecule has 2 nitrogen and oxygen atoms in total. The summed E-state index contributed by atoms with van der Waals surface area (Å²) in [6, 6.07) is 5.65. The minimum atomic E-state index is -0.104. The molecule has 2 N–H and O–H groups in total. The van der Waals surface area contributed by atoms with Crippen molar-refractivity contribution in [2.45, 2.75) is 45.6 Å². The highest BCUT2D eigenvalue weighted by Crippen LogP contribution is 2.25. The van der Waals surface area contributed by atoms with Crippen LogP contribution in [-0.4, -0.2) is 19.1 Å². The highest BCUT2D eigenvalue weighted by Gasteiger charge is 2.17. The summed E-state index contributed by atoms with van der Waals surface area (Å²) in [7, 11) is 0. The van der Waals surface area contributed by atoms with E-state index in [9.17, 15) is 4.39 Å². The van der Waals surface area contributed by atoms with E-state index in [1.807, 2.05) is 19.1 Å². The lowest BCUT2D eigenvalue weighted by molar-refractivity contribution is 0.520. The van der Waals surface area contributed by atoms with Gasteiger partial charge < -0.3 is 10.6 Å². The van der Waals surface area contributed by atoms with Gasteiger partial charge in [0.15, 0.2) is 0 Å². The highest BCUT2D eigenvalue weighted by atomic mass is 19.1. The van der Waals surface area contributed by atoms with Crippen molar-refractivity contribution in [3.63, 3.8) is 0 Å². The summed E-state index contributed by atoms with van der Waals surface area (Å²) in [5.41, 5.74) is 7.50. The first-order valence-electron chi connectivity index (χ1n) is 7.35. The lowest BCUT2D eigenvalue weighted by Gasteiger charge is -2.23. The van der Waals surface area contributed by atoms with Crippen molar-refractivity contribution in [1.82, 2.24) is 0 Å². The molecule has 1 heterocycles. The second-order valence-corrected chi connectivity index (χ2v) is 5.99. The normalized spacial score (nSPS) is 22.1. The van der Waals surface area contributed by atoms with Crippen molar-refractivity contribution in [3.8, 4) is 0 Å². The second-order valence-electron chi connectivity index (χ2n) is 5.99. The fourth-order valence-electron chi connectivity index (χ4n) is 2.81. The summed E-state index contributed by atoms with van der Waals surface area (Å²) in [5.74, 6) is 0.651. The van der Waals surface area contributed by atoms with Gasteiger partial charge in [-0.2, -0.15) is 0 Å². The molecule has 1 aromatic rings. The average molecular weight is 264 g/mol. The van der Waals surface area contributed by atoms with E-state index in [0.717, 1.165) is 49.5 Å². The van der Waals surface area contributed by atoms with E-state index >= 15 is 0 Å². The van der Waals surface area contributed by atoms with Gasteiger partial charge in [-0.3, -0.25) is 0 Å². The monoisotopic (exact) mass is 264 g/mol. The van der Waals surface area contributed by atoms with Crippen molar-refractivity contribution in [2.75, 3.05) is 18.0 Å². The molecule has 2 atom stereocenters. The predicted molar refractivity (Wildman–Crippen MR) is 79.0 cm³/mol. The van der Waals surface area contributed by atoms with Crippen LogP contribution in [0.1, 0.15) is 38.7 Å². The Hall–Kier alpha value is -1.09. The first-order valence-corrected chi connectivity index (χ1v) is 7.35. The summed E-state index contributed by atoms with van der Waals surface area (Å²) >= 11 is 0. The lowest BCUT2D eigenvalue weighted by atomic mass is 10.0. The summed E-state index contributed by atoms with van der Waals surface area (Å²) < 4.78 is 14.2. The number of halogens is 1. The van der Waals surface area contributed by atoms with Gasteiger partial charge in [0.25, 0.3) is 0 Å². The van der Waals surface area contributed by atoms with Crippen LogP contribution in [0.25, 0.3) is 0 Å². The number of hydrogen-bond acceptors (Lipinski definition) is 2. The third-order valence-electron chi connectivity index (χ3n) is 3.93. The molecule has 1 fully saturated rings. The molecule has 1 aliphatic rings. The van der Waals surface area contributed by atoms with Gasteiger partial charge in [-0.1, -0.05) is 13.0 Å². The van der Waals surface area contributed by atoms with E-state index in [1.165, 1.54) is 6.42 Å². The molecule has 0 bridgehead atoms. The largest absolute Gasteiger partial charge is 0.369 e. The Bertz CT molecular complexity index is 417. The highest BCUT2D eigenvalue weighted by molar-refractivity contribution is 5.49. The molecule has 1 saturated heterocycles. The van der Waals surface area contributed by atoms with Crippen LogP contribution in [0.3, 0.4) is 0 Å². The van der Waals surface area contributed by atoms with E-state index in [1.54, 1.807) is 6.07 Å². The van der Waals surface area contributed by atoms with Crippen LogP contribution in [0.2, 0.25) is 0 Å². The van der Waals surface area contributed by atoms with Gasteiger partial charge in [-0.05, 0) is 56.2 Å². The number of nitrogens with zero attached hydrogens (tertiary/aromatic N) is 1. The minimum absolute atomic E-state index is 0.0734. The molecule has 1 aliphatic heterocycles. The summed E-state index contributed by atoms with van der Waals surface area (Å²) in [6.07, 6.45) is 4.29. The van der Waals surface area contributed by atoms with Crippen LogP contribution in [0, 0.1) is 11.7 Å². The van der Waals surface area contributed by atoms with Crippen molar-refractivity contribution in [3.05, 3.63) is 29.6 Å². The summed E-state index contributed by atoms with van der Waals surface area (Å²) in [5, 5.41) is 0. The third kappa shape index (κ3) is 3.93. The molecule has 2 unspecified atom stereocenters. The molecule has 0 radical (unpaired) electrons. The van der Waals surface area contributed by atoms with Gasteiger partial charge in [-0.15, -0.1) is 0 Å². The van der Waals surface area contributed by atoms with Crippen LogP contribution in [0.5, 0.6) is 0 Å². The zero-order valence-corrected chi connectivity index (χ0v) is 12.0. The molecule has 1 aromatic carbocycles. The van der Waals surface area contributed by atoms with Crippen molar-refractivity contribution >= 4 is 5.69 Å². The third-order valence-corrected chi connectivity index (χ3v) is 3.93. The fourth-order valence-corrected chi connectivity index (χ4v) is 2.81. The smallest absolute Gasteiger partial charge is 0.146 e. The van der Waals surface area contributed by atoms with Crippen LogP contribution in [0.15, 0.2) is 18.2 Å². The molecule has 0 aromatic heterocycles. The summed E-state index contributed by atoms with van der Waals surface area (Å²) in [6.45, 7) is 6.16. The van der Waals surface area contributed by atoms with E-state index in [-0.39, 0.29) is 11.9 Å². The first kappa shape index (κ1) is 14.3. The van der Waals surface area contributed by atoms with Crippen molar-refractivity contribution in [1.29, 1.82) is 0 Å². The number of benzene rings is 1. The van der Waals surface area contributed by atoms with E-state index in [2.05, 4.69) is 11.8 Å².